The Kier molecular flexibility index (Phi) is 39.3. The first-order valence-corrected chi connectivity index (χ1v) is 25.7. The van der Waals surface area contributed by atoms with Crippen molar-refractivity contribution >= 4 is 11.9 Å². The van der Waals surface area contributed by atoms with Gasteiger partial charge in [0.05, 0.1) is 19.3 Å². The topological polar surface area (TPSA) is 65.1 Å². The molecule has 1 unspecified atom stereocenters. The van der Waals surface area contributed by atoms with Crippen molar-refractivity contribution in [2.75, 3.05) is 39.5 Å². The van der Waals surface area contributed by atoms with Crippen LogP contribution in [0.2, 0.25) is 0 Å². The summed E-state index contributed by atoms with van der Waals surface area (Å²) in [4.78, 5) is 27.7. The Labute approximate surface area is 355 Å². The van der Waals surface area contributed by atoms with Crippen molar-refractivity contribution in [3.05, 3.63) is 0 Å². The van der Waals surface area contributed by atoms with Crippen LogP contribution in [0.3, 0.4) is 0 Å². The van der Waals surface area contributed by atoms with Gasteiger partial charge >= 0.3 is 11.9 Å². The average molecular weight is 806 g/mol. The van der Waals surface area contributed by atoms with Crippen molar-refractivity contribution in [1.82, 2.24) is 4.90 Å². The van der Waals surface area contributed by atoms with Gasteiger partial charge in [-0.1, -0.05) is 169 Å². The van der Waals surface area contributed by atoms with Crippen molar-refractivity contribution < 1.29 is 23.8 Å². The molecule has 0 saturated carbocycles. The first-order chi connectivity index (χ1) is 28.0. The fraction of sp³-hybridized carbons (Fsp3) is 0.961. The van der Waals surface area contributed by atoms with E-state index in [0.717, 1.165) is 32.3 Å². The molecule has 0 aliphatic carbocycles. The van der Waals surface area contributed by atoms with Crippen LogP contribution in [-0.4, -0.2) is 62.4 Å². The zero-order valence-electron chi connectivity index (χ0n) is 38.9. The number of ether oxygens (including phenoxy) is 3. The second kappa shape index (κ2) is 41.6. The minimum Gasteiger partial charge on any atom is -0.466 e. The van der Waals surface area contributed by atoms with Crippen LogP contribution in [0.15, 0.2) is 0 Å². The lowest BCUT2D eigenvalue weighted by Gasteiger charge is -2.19. The third kappa shape index (κ3) is 35.3. The van der Waals surface area contributed by atoms with Gasteiger partial charge in [-0.3, -0.25) is 9.59 Å². The molecule has 1 saturated heterocycles. The number of unbranched alkanes of at least 4 members (excludes halogenated alkanes) is 19. The minimum atomic E-state index is 0.0285. The van der Waals surface area contributed by atoms with Crippen LogP contribution in [0.5, 0.6) is 0 Å². The highest BCUT2D eigenvalue weighted by Crippen LogP contribution is 2.24. The molecule has 0 radical (unpaired) electrons. The van der Waals surface area contributed by atoms with Gasteiger partial charge < -0.3 is 19.1 Å². The molecule has 0 spiro atoms. The maximum atomic E-state index is 12.6. The predicted molar refractivity (Wildman–Crippen MR) is 244 cm³/mol. The normalized spacial score (nSPS) is 13.9. The number of hydrogen-bond acceptors (Lipinski definition) is 6. The lowest BCUT2D eigenvalue weighted by Crippen LogP contribution is -2.21. The average Bonchev–Trinajstić information content (AvgIpc) is 3.73. The fourth-order valence-corrected chi connectivity index (χ4v) is 8.76. The number of hydrogen-bond donors (Lipinski definition) is 0. The number of carbonyl (C=O) groups excluding carboxylic acids is 2. The van der Waals surface area contributed by atoms with Crippen LogP contribution in [0.25, 0.3) is 0 Å². The van der Waals surface area contributed by atoms with E-state index in [-0.39, 0.29) is 11.9 Å². The molecule has 0 bridgehead atoms. The van der Waals surface area contributed by atoms with Gasteiger partial charge in [0.25, 0.3) is 0 Å². The van der Waals surface area contributed by atoms with Crippen LogP contribution >= 0.6 is 0 Å². The van der Waals surface area contributed by atoms with Gasteiger partial charge in [-0.05, 0) is 109 Å². The standard InChI is InChI=1S/C51H99NO5/c1-5-9-21-33-47(34-22-10-6-2)45-50(53)56-43-30-19-15-13-14-17-25-37-49(55-42-32-29-41-52-39-27-28-40-52)38-26-18-16-20-31-44-57-51(54)46-48(35-23-11-7-3)36-24-12-8-4/h47-49H,5-46H2,1-4H3. The predicted octanol–water partition coefficient (Wildman–Crippen LogP) is 15.1. The molecule has 338 valence electrons. The smallest absolute Gasteiger partial charge is 0.306 e. The van der Waals surface area contributed by atoms with Crippen molar-refractivity contribution in [2.45, 2.75) is 265 Å². The Morgan fingerprint density at radius 3 is 1.18 bits per heavy atom. The van der Waals surface area contributed by atoms with E-state index in [9.17, 15) is 9.59 Å². The third-order valence-corrected chi connectivity index (χ3v) is 12.6. The highest BCUT2D eigenvalue weighted by molar-refractivity contribution is 5.70. The SMILES string of the molecule is CCCCCC(CCCCC)CC(=O)OCCCCCCCCCC(CCCCCCCOC(=O)CC(CCCCC)CCCCC)OCCCCN1CCCC1. The molecular formula is C51H99NO5. The summed E-state index contributed by atoms with van der Waals surface area (Å²) in [6.45, 7) is 14.9. The van der Waals surface area contributed by atoms with E-state index in [1.165, 1.54) is 212 Å². The maximum absolute atomic E-state index is 12.6. The van der Waals surface area contributed by atoms with E-state index in [1.807, 2.05) is 0 Å². The molecule has 0 N–H and O–H groups in total. The number of carbonyl (C=O) groups is 2. The van der Waals surface area contributed by atoms with Crippen molar-refractivity contribution in [3.8, 4) is 0 Å². The van der Waals surface area contributed by atoms with Gasteiger partial charge in [0.15, 0.2) is 0 Å². The zero-order chi connectivity index (χ0) is 41.3. The van der Waals surface area contributed by atoms with Crippen LogP contribution in [-0.2, 0) is 23.8 Å². The summed E-state index contributed by atoms with van der Waals surface area (Å²) in [5.41, 5.74) is 0. The second-order valence-corrected chi connectivity index (χ2v) is 18.1. The summed E-state index contributed by atoms with van der Waals surface area (Å²) in [5, 5.41) is 0. The summed E-state index contributed by atoms with van der Waals surface area (Å²) in [6.07, 6.45) is 43.3. The van der Waals surface area contributed by atoms with Crippen LogP contribution < -0.4 is 0 Å². The van der Waals surface area contributed by atoms with Gasteiger partial charge in [-0.2, -0.15) is 0 Å². The molecule has 1 atom stereocenters. The quantitative estimate of drug-likeness (QED) is 0.0451. The molecule has 1 rings (SSSR count). The fourth-order valence-electron chi connectivity index (χ4n) is 8.76. The van der Waals surface area contributed by atoms with Crippen LogP contribution in [0, 0.1) is 11.8 Å². The molecule has 1 fully saturated rings. The van der Waals surface area contributed by atoms with Crippen molar-refractivity contribution in [1.29, 1.82) is 0 Å². The lowest BCUT2D eigenvalue weighted by atomic mass is 9.92. The van der Waals surface area contributed by atoms with E-state index in [1.54, 1.807) is 0 Å². The first kappa shape index (κ1) is 53.9. The monoisotopic (exact) mass is 806 g/mol. The van der Waals surface area contributed by atoms with Gasteiger partial charge in [0, 0.05) is 19.4 Å². The number of likely N-dealkylation sites (tertiary alicyclic amines) is 1. The molecule has 6 heteroatoms. The van der Waals surface area contributed by atoms with Crippen molar-refractivity contribution in [2.24, 2.45) is 11.8 Å². The molecule has 0 aromatic rings. The van der Waals surface area contributed by atoms with E-state index in [2.05, 4.69) is 32.6 Å². The molecule has 0 amide bonds. The van der Waals surface area contributed by atoms with Crippen LogP contribution in [0.1, 0.15) is 259 Å². The Bertz CT molecular complexity index is 841. The summed E-state index contributed by atoms with van der Waals surface area (Å²) in [5.74, 6) is 1.08. The van der Waals surface area contributed by atoms with Crippen molar-refractivity contribution in [3.63, 3.8) is 0 Å². The maximum Gasteiger partial charge on any atom is 0.306 e. The molecule has 57 heavy (non-hydrogen) atoms. The van der Waals surface area contributed by atoms with Crippen LogP contribution in [0.4, 0.5) is 0 Å². The second-order valence-electron chi connectivity index (χ2n) is 18.1. The summed E-state index contributed by atoms with van der Waals surface area (Å²) >= 11 is 0. The van der Waals surface area contributed by atoms with E-state index < -0.39 is 0 Å². The summed E-state index contributed by atoms with van der Waals surface area (Å²) in [6, 6.07) is 0. The van der Waals surface area contributed by atoms with Gasteiger partial charge in [-0.25, -0.2) is 0 Å². The number of rotatable bonds is 44. The lowest BCUT2D eigenvalue weighted by molar-refractivity contribution is -0.146. The largest absolute Gasteiger partial charge is 0.466 e. The molecule has 6 nitrogen and oxygen atoms in total. The first-order valence-electron chi connectivity index (χ1n) is 25.7. The Balaban J connectivity index is 2.23. The number of nitrogens with zero attached hydrogens (tertiary/aromatic N) is 1. The van der Waals surface area contributed by atoms with E-state index >= 15 is 0 Å². The number of esters is 2. The molecule has 1 aliphatic heterocycles. The summed E-state index contributed by atoms with van der Waals surface area (Å²) in [7, 11) is 0. The molecular weight excluding hydrogens is 707 g/mol. The Morgan fingerprint density at radius 1 is 0.421 bits per heavy atom. The van der Waals surface area contributed by atoms with Gasteiger partial charge in [-0.15, -0.1) is 0 Å². The Hall–Kier alpha value is -1.14. The molecule has 1 heterocycles. The minimum absolute atomic E-state index is 0.0285. The van der Waals surface area contributed by atoms with Gasteiger partial charge in [0.2, 0.25) is 0 Å². The summed E-state index contributed by atoms with van der Waals surface area (Å²) < 4.78 is 17.9. The van der Waals surface area contributed by atoms with Gasteiger partial charge in [0.1, 0.15) is 0 Å². The highest BCUT2D eigenvalue weighted by atomic mass is 16.5. The van der Waals surface area contributed by atoms with E-state index in [4.69, 9.17) is 14.2 Å². The molecule has 0 aromatic heterocycles. The highest BCUT2D eigenvalue weighted by Gasteiger charge is 2.17. The zero-order valence-corrected chi connectivity index (χ0v) is 38.9. The molecule has 1 aliphatic rings. The Morgan fingerprint density at radius 2 is 0.772 bits per heavy atom. The molecule has 0 aromatic carbocycles. The third-order valence-electron chi connectivity index (χ3n) is 12.6. The van der Waals surface area contributed by atoms with E-state index in [0.29, 0.717) is 44.0 Å².